The van der Waals surface area contributed by atoms with Gasteiger partial charge in [-0.1, -0.05) is 42.5 Å². The fraction of sp³-hybridized carbons (Fsp3) is 0.0714. The maximum atomic E-state index is 11.9. The van der Waals surface area contributed by atoms with Gasteiger partial charge in [0.15, 0.2) is 0 Å². The van der Waals surface area contributed by atoms with E-state index in [-0.39, 0.29) is 6.61 Å². The summed E-state index contributed by atoms with van der Waals surface area (Å²) in [6, 6.07) is 30.8. The van der Waals surface area contributed by atoms with E-state index in [9.17, 15) is 4.79 Å². The van der Waals surface area contributed by atoms with Gasteiger partial charge < -0.3 is 25.3 Å². The van der Waals surface area contributed by atoms with Gasteiger partial charge in [-0.2, -0.15) is 5.26 Å². The van der Waals surface area contributed by atoms with Crippen LogP contribution in [0.15, 0.2) is 97.1 Å². The first kappa shape index (κ1) is 23.2. The van der Waals surface area contributed by atoms with E-state index in [2.05, 4.69) is 11.4 Å². The topological polar surface area (TPSA) is 107 Å². The molecule has 0 aliphatic rings. The highest BCUT2D eigenvalue weighted by Gasteiger charge is 2.06. The number of benzene rings is 4. The van der Waals surface area contributed by atoms with E-state index in [1.165, 1.54) is 0 Å². The number of amides is 1. The van der Waals surface area contributed by atoms with Gasteiger partial charge in [0, 0.05) is 30.4 Å². The van der Waals surface area contributed by atoms with E-state index in [1.807, 2.05) is 42.5 Å². The van der Waals surface area contributed by atoms with E-state index >= 15 is 0 Å². The van der Waals surface area contributed by atoms with Crippen molar-refractivity contribution >= 4 is 11.8 Å². The number of carbonyl (C=O) groups is 1. The summed E-state index contributed by atoms with van der Waals surface area (Å²) in [5.74, 6) is 2.22. The van der Waals surface area contributed by atoms with Crippen molar-refractivity contribution < 1.29 is 19.0 Å². The highest BCUT2D eigenvalue weighted by Crippen LogP contribution is 2.31. The van der Waals surface area contributed by atoms with Gasteiger partial charge in [0.25, 0.3) is 0 Å². The molecule has 0 saturated carbocycles. The van der Waals surface area contributed by atoms with Crippen LogP contribution in [0.2, 0.25) is 0 Å². The zero-order chi connectivity index (χ0) is 24.5. The van der Waals surface area contributed by atoms with Crippen molar-refractivity contribution in [2.24, 2.45) is 0 Å². The normalized spacial score (nSPS) is 10.1. The quantitative estimate of drug-likeness (QED) is 0.302. The number of hydrogen-bond acceptors (Lipinski definition) is 6. The molecule has 0 aliphatic carbocycles. The number of nitriles is 1. The summed E-state index contributed by atoms with van der Waals surface area (Å²) in [6.07, 6.45) is -0.483. The van der Waals surface area contributed by atoms with E-state index < -0.39 is 6.09 Å². The summed E-state index contributed by atoms with van der Waals surface area (Å²) in [6.45, 7) is 0.547. The molecule has 35 heavy (non-hydrogen) atoms. The predicted octanol–water partition coefficient (Wildman–Crippen LogP) is 6.15. The lowest BCUT2D eigenvalue weighted by Crippen LogP contribution is -2.23. The summed E-state index contributed by atoms with van der Waals surface area (Å²) >= 11 is 0. The Hall–Kier alpha value is -4.96. The Morgan fingerprint density at radius 3 is 1.97 bits per heavy atom. The number of nitrogen functional groups attached to an aromatic ring is 1. The van der Waals surface area contributed by atoms with Crippen LogP contribution in [0, 0.1) is 11.3 Å². The maximum Gasteiger partial charge on any atom is 0.407 e. The van der Waals surface area contributed by atoms with Gasteiger partial charge in [0.1, 0.15) is 29.6 Å². The van der Waals surface area contributed by atoms with Crippen molar-refractivity contribution in [3.05, 3.63) is 114 Å². The lowest BCUT2D eigenvalue weighted by molar-refractivity contribution is 0.139. The Bertz CT molecular complexity index is 1320. The van der Waals surface area contributed by atoms with Crippen molar-refractivity contribution in [2.75, 3.05) is 5.73 Å². The molecular formula is C28H23N3O4. The van der Waals surface area contributed by atoms with Crippen LogP contribution >= 0.6 is 0 Å². The average Bonchev–Trinajstić information content (AvgIpc) is 2.88. The van der Waals surface area contributed by atoms with Crippen molar-refractivity contribution in [3.63, 3.8) is 0 Å². The van der Waals surface area contributed by atoms with Gasteiger partial charge in [0.05, 0.1) is 11.6 Å². The maximum absolute atomic E-state index is 11.9. The Balaban J connectivity index is 1.30. The molecule has 0 radical (unpaired) electrons. The van der Waals surface area contributed by atoms with Gasteiger partial charge in [-0.3, -0.25) is 0 Å². The summed E-state index contributed by atoms with van der Waals surface area (Å²) in [5.41, 5.74) is 8.87. The van der Waals surface area contributed by atoms with E-state index in [1.54, 1.807) is 54.6 Å². The minimum atomic E-state index is -0.483. The van der Waals surface area contributed by atoms with Gasteiger partial charge in [-0.15, -0.1) is 0 Å². The Morgan fingerprint density at radius 2 is 1.37 bits per heavy atom. The number of nitrogens with two attached hydrogens (primary N) is 1. The van der Waals surface area contributed by atoms with Crippen molar-refractivity contribution in [2.45, 2.75) is 13.2 Å². The molecule has 7 heteroatoms. The number of nitrogens with zero attached hydrogens (tertiary/aromatic N) is 1. The largest absolute Gasteiger partial charge is 0.457 e. The molecule has 174 valence electrons. The molecule has 0 aliphatic heterocycles. The third kappa shape index (κ3) is 7.01. The zero-order valence-electron chi connectivity index (χ0n) is 18.8. The Morgan fingerprint density at radius 1 is 0.771 bits per heavy atom. The monoisotopic (exact) mass is 465 g/mol. The smallest absolute Gasteiger partial charge is 0.407 e. The second-order valence-corrected chi connectivity index (χ2v) is 7.64. The van der Waals surface area contributed by atoms with E-state index in [0.717, 1.165) is 11.1 Å². The first-order valence-corrected chi connectivity index (χ1v) is 10.9. The molecule has 4 aromatic rings. The van der Waals surface area contributed by atoms with Crippen LogP contribution in [0.25, 0.3) is 0 Å². The lowest BCUT2D eigenvalue weighted by atomic mass is 10.2. The minimum Gasteiger partial charge on any atom is -0.457 e. The standard InChI is InChI=1S/C28H23N3O4/c29-17-20-6-10-24(11-7-20)34-26-14-23(30)15-27(16-26)35-25-12-8-21(9-13-25)18-31-28(32)33-19-22-4-2-1-3-5-22/h1-16H,18-19,30H2,(H,31,32). The van der Waals surface area contributed by atoms with Crippen LogP contribution in [0.5, 0.6) is 23.0 Å². The number of alkyl carbamates (subject to hydrolysis) is 1. The summed E-state index contributed by atoms with van der Waals surface area (Å²) in [4.78, 5) is 11.9. The van der Waals surface area contributed by atoms with Crippen LogP contribution < -0.4 is 20.5 Å². The van der Waals surface area contributed by atoms with Gasteiger partial charge in [-0.25, -0.2) is 4.79 Å². The second-order valence-electron chi connectivity index (χ2n) is 7.64. The summed E-state index contributed by atoms with van der Waals surface area (Å²) < 4.78 is 17.0. The van der Waals surface area contributed by atoms with Crippen molar-refractivity contribution in [1.29, 1.82) is 5.26 Å². The van der Waals surface area contributed by atoms with Gasteiger partial charge in [0.2, 0.25) is 0 Å². The molecule has 0 fully saturated rings. The fourth-order valence-corrected chi connectivity index (χ4v) is 3.20. The van der Waals surface area contributed by atoms with Crippen LogP contribution in [-0.2, 0) is 17.9 Å². The third-order valence-electron chi connectivity index (χ3n) is 4.93. The van der Waals surface area contributed by atoms with E-state index in [4.69, 9.17) is 25.2 Å². The second kappa shape index (κ2) is 11.3. The SMILES string of the molecule is N#Cc1ccc(Oc2cc(N)cc(Oc3ccc(CNC(=O)OCc4ccccc4)cc3)c2)cc1. The minimum absolute atomic E-state index is 0.219. The summed E-state index contributed by atoms with van der Waals surface area (Å²) in [5, 5.41) is 11.6. The highest BCUT2D eigenvalue weighted by molar-refractivity contribution is 5.67. The predicted molar refractivity (Wildman–Crippen MR) is 132 cm³/mol. The molecule has 1 amide bonds. The third-order valence-corrected chi connectivity index (χ3v) is 4.93. The number of anilines is 1. The van der Waals surface area contributed by atoms with E-state index in [0.29, 0.717) is 40.8 Å². The molecule has 4 rings (SSSR count). The Labute approximate surface area is 203 Å². The first-order chi connectivity index (χ1) is 17.1. The molecule has 3 N–H and O–H groups in total. The molecule has 4 aromatic carbocycles. The lowest BCUT2D eigenvalue weighted by Gasteiger charge is -2.11. The van der Waals surface area contributed by atoms with Crippen molar-refractivity contribution in [3.8, 4) is 29.1 Å². The molecular weight excluding hydrogens is 442 g/mol. The first-order valence-electron chi connectivity index (χ1n) is 10.9. The van der Waals surface area contributed by atoms with Crippen LogP contribution in [0.4, 0.5) is 10.5 Å². The highest BCUT2D eigenvalue weighted by atomic mass is 16.5. The number of ether oxygens (including phenoxy) is 3. The van der Waals surface area contributed by atoms with Crippen LogP contribution in [0.3, 0.4) is 0 Å². The molecule has 0 heterocycles. The average molecular weight is 466 g/mol. The molecule has 0 aromatic heterocycles. The number of hydrogen-bond donors (Lipinski definition) is 2. The summed E-state index contributed by atoms with van der Waals surface area (Å²) in [7, 11) is 0. The molecule has 0 saturated heterocycles. The number of carbonyl (C=O) groups excluding carboxylic acids is 1. The van der Waals surface area contributed by atoms with Crippen LogP contribution in [0.1, 0.15) is 16.7 Å². The number of nitrogens with one attached hydrogen (secondary N) is 1. The van der Waals surface area contributed by atoms with Gasteiger partial charge >= 0.3 is 6.09 Å². The molecule has 0 atom stereocenters. The molecule has 7 nitrogen and oxygen atoms in total. The molecule has 0 unspecified atom stereocenters. The fourth-order valence-electron chi connectivity index (χ4n) is 3.20. The van der Waals surface area contributed by atoms with Crippen molar-refractivity contribution in [1.82, 2.24) is 5.32 Å². The van der Waals surface area contributed by atoms with Gasteiger partial charge in [-0.05, 0) is 47.5 Å². The number of rotatable bonds is 8. The molecule has 0 spiro atoms. The Kier molecular flexibility index (Phi) is 7.46. The van der Waals surface area contributed by atoms with Crippen LogP contribution in [-0.4, -0.2) is 6.09 Å². The molecule has 0 bridgehead atoms. The zero-order valence-corrected chi connectivity index (χ0v) is 18.8.